The zero-order chi connectivity index (χ0) is 21.9. The van der Waals surface area contributed by atoms with Crippen molar-refractivity contribution in [2.45, 2.75) is 13.0 Å². The van der Waals surface area contributed by atoms with Crippen LogP contribution >= 0.6 is 23.2 Å². The van der Waals surface area contributed by atoms with Crippen molar-refractivity contribution in [3.8, 4) is 17.2 Å². The lowest BCUT2D eigenvalue weighted by Crippen LogP contribution is -2.49. The Morgan fingerprint density at radius 2 is 1.83 bits per heavy atom. The van der Waals surface area contributed by atoms with E-state index in [0.29, 0.717) is 10.0 Å². The Bertz CT molecular complexity index is 912. The van der Waals surface area contributed by atoms with E-state index in [9.17, 15) is 23.1 Å². The highest BCUT2D eigenvalue weighted by molar-refractivity contribution is 6.35. The Balaban J connectivity index is 2.46. The fourth-order valence-corrected chi connectivity index (χ4v) is 2.56. The van der Waals surface area contributed by atoms with Gasteiger partial charge in [0.1, 0.15) is 23.9 Å². The molecule has 0 fully saturated rings. The average molecular weight is 455 g/mol. The van der Waals surface area contributed by atoms with Crippen LogP contribution in [0.15, 0.2) is 30.3 Å². The fraction of sp³-hybridized carbons (Fsp3) is 0.188. The normalized spacial score (nSPS) is 11.2. The van der Waals surface area contributed by atoms with Crippen molar-refractivity contribution in [3.05, 3.63) is 45.9 Å². The number of anilines is 1. The van der Waals surface area contributed by atoms with Crippen LogP contribution in [0.2, 0.25) is 10.0 Å². The van der Waals surface area contributed by atoms with Crippen molar-refractivity contribution in [2.24, 2.45) is 11.7 Å². The number of halogens is 5. The predicted molar refractivity (Wildman–Crippen MR) is 99.6 cm³/mol. The number of aromatic hydroxyl groups is 1. The van der Waals surface area contributed by atoms with Gasteiger partial charge in [0, 0.05) is 19.2 Å². The van der Waals surface area contributed by atoms with Gasteiger partial charge in [-0.25, -0.2) is 21.5 Å². The molecule has 0 radical (unpaired) electrons. The molecule has 29 heavy (non-hydrogen) atoms. The van der Waals surface area contributed by atoms with Crippen molar-refractivity contribution < 1.29 is 32.5 Å². The number of nitrogens with zero attached hydrogens (tertiary/aromatic N) is 2. The number of rotatable bonds is 5. The van der Waals surface area contributed by atoms with Crippen molar-refractivity contribution >= 4 is 34.9 Å². The van der Waals surface area contributed by atoms with Gasteiger partial charge in [0.05, 0.1) is 21.3 Å². The van der Waals surface area contributed by atoms with Gasteiger partial charge in [-0.1, -0.05) is 29.3 Å². The van der Waals surface area contributed by atoms with Crippen molar-refractivity contribution in [3.63, 3.8) is 0 Å². The van der Waals surface area contributed by atoms with Crippen LogP contribution in [-0.4, -0.2) is 29.6 Å². The monoisotopic (exact) mass is 454 g/mol. The molecule has 2 amide bonds. The Labute approximate surface area is 172 Å². The largest absolute Gasteiger partial charge is 0.573 e. The van der Waals surface area contributed by atoms with Gasteiger partial charge in [0.15, 0.2) is 0 Å². The SMILES string of the molecule is CN(N)C(=O)N(N)c1cccc(OC(F)(F)F)c1COc1cc(Cl)c(O)cc1Cl. The minimum absolute atomic E-state index is 0.0342. The molecule has 0 aliphatic heterocycles. The summed E-state index contributed by atoms with van der Waals surface area (Å²) in [5.41, 5.74) is -0.377. The Hall–Kier alpha value is -2.60. The smallest absolute Gasteiger partial charge is 0.506 e. The summed E-state index contributed by atoms with van der Waals surface area (Å²) >= 11 is 11.7. The van der Waals surface area contributed by atoms with Crippen LogP contribution in [0.25, 0.3) is 0 Å². The lowest BCUT2D eigenvalue weighted by Gasteiger charge is -2.25. The van der Waals surface area contributed by atoms with Crippen LogP contribution in [0.3, 0.4) is 0 Å². The Morgan fingerprint density at radius 1 is 1.17 bits per heavy atom. The van der Waals surface area contributed by atoms with Gasteiger partial charge in [-0.15, -0.1) is 13.2 Å². The van der Waals surface area contributed by atoms with Gasteiger partial charge in [-0.05, 0) is 12.1 Å². The first-order valence-electron chi connectivity index (χ1n) is 7.66. The molecule has 0 aliphatic carbocycles. The van der Waals surface area contributed by atoms with E-state index in [-0.39, 0.29) is 32.8 Å². The number of phenols is 1. The van der Waals surface area contributed by atoms with Crippen LogP contribution in [0.4, 0.5) is 23.7 Å². The standard InChI is InChI=1S/C16H15Cl2F3N4O4/c1-24(22)15(27)25(23)11-3-2-4-13(29-16(19,20)21)8(11)7-28-14-6-9(17)12(26)5-10(14)18/h2-6,26H,7,22-23H2,1H3. The number of alkyl halides is 3. The summed E-state index contributed by atoms with van der Waals surface area (Å²) in [6.45, 7) is -0.544. The van der Waals surface area contributed by atoms with Crippen LogP contribution in [0, 0.1) is 0 Å². The zero-order valence-corrected chi connectivity index (χ0v) is 16.2. The van der Waals surface area contributed by atoms with E-state index >= 15 is 0 Å². The lowest BCUT2D eigenvalue weighted by molar-refractivity contribution is -0.275. The van der Waals surface area contributed by atoms with Crippen molar-refractivity contribution in [1.29, 1.82) is 0 Å². The maximum absolute atomic E-state index is 12.8. The third-order valence-electron chi connectivity index (χ3n) is 3.47. The van der Waals surface area contributed by atoms with Gasteiger partial charge in [0.2, 0.25) is 0 Å². The predicted octanol–water partition coefficient (Wildman–Crippen LogP) is 3.78. The topological polar surface area (TPSA) is 114 Å². The number of carbonyl (C=O) groups is 1. The van der Waals surface area contributed by atoms with E-state index < -0.39 is 24.7 Å². The molecule has 0 aromatic heterocycles. The second-order valence-corrected chi connectivity index (χ2v) is 6.40. The number of nitrogens with two attached hydrogens (primary N) is 2. The van der Waals surface area contributed by atoms with E-state index in [2.05, 4.69) is 4.74 Å². The molecule has 0 aliphatic rings. The van der Waals surface area contributed by atoms with Crippen LogP contribution in [-0.2, 0) is 6.61 Å². The lowest BCUT2D eigenvalue weighted by atomic mass is 10.1. The molecule has 0 saturated heterocycles. The molecule has 5 N–H and O–H groups in total. The molecular weight excluding hydrogens is 440 g/mol. The van der Waals surface area contributed by atoms with E-state index in [1.165, 1.54) is 25.2 Å². The average Bonchev–Trinajstić information content (AvgIpc) is 2.61. The van der Waals surface area contributed by atoms with Crippen LogP contribution < -0.4 is 26.2 Å². The molecule has 2 aromatic carbocycles. The molecule has 8 nitrogen and oxygen atoms in total. The highest BCUT2D eigenvalue weighted by Gasteiger charge is 2.33. The van der Waals surface area contributed by atoms with E-state index in [4.69, 9.17) is 39.6 Å². The van der Waals surface area contributed by atoms with E-state index in [0.717, 1.165) is 12.1 Å². The number of hydrazine groups is 2. The van der Waals surface area contributed by atoms with Crippen LogP contribution in [0.5, 0.6) is 17.2 Å². The summed E-state index contributed by atoms with van der Waals surface area (Å²) in [6, 6.07) is 4.85. The summed E-state index contributed by atoms with van der Waals surface area (Å²) < 4.78 is 47.8. The molecule has 2 aromatic rings. The minimum atomic E-state index is -5.01. The Morgan fingerprint density at radius 3 is 2.41 bits per heavy atom. The number of hydrogen-bond acceptors (Lipinski definition) is 6. The van der Waals surface area contributed by atoms with Crippen LogP contribution in [0.1, 0.15) is 5.56 Å². The molecular formula is C16H15Cl2F3N4O4. The maximum atomic E-state index is 12.8. The molecule has 13 heteroatoms. The molecule has 0 atom stereocenters. The highest BCUT2D eigenvalue weighted by Crippen LogP contribution is 2.37. The van der Waals surface area contributed by atoms with Gasteiger partial charge in [0.25, 0.3) is 0 Å². The third kappa shape index (κ3) is 5.70. The number of benzene rings is 2. The van der Waals surface area contributed by atoms with Crippen molar-refractivity contribution in [2.75, 3.05) is 12.1 Å². The highest BCUT2D eigenvalue weighted by atomic mass is 35.5. The summed E-state index contributed by atoms with van der Waals surface area (Å²) in [5.74, 6) is 10.1. The first kappa shape index (κ1) is 22.7. The summed E-state index contributed by atoms with van der Waals surface area (Å²) in [4.78, 5) is 12.0. The quantitative estimate of drug-likeness (QED) is 0.359. The van der Waals surface area contributed by atoms with Gasteiger partial charge in [-0.3, -0.25) is 5.01 Å². The first-order valence-corrected chi connectivity index (χ1v) is 8.42. The third-order valence-corrected chi connectivity index (χ3v) is 4.07. The molecule has 0 spiro atoms. The molecule has 2 rings (SSSR count). The van der Waals surface area contributed by atoms with E-state index in [1.807, 2.05) is 0 Å². The molecule has 0 saturated carbocycles. The molecule has 0 heterocycles. The molecule has 0 bridgehead atoms. The number of carbonyl (C=O) groups excluding carboxylic acids is 1. The number of hydrogen-bond donors (Lipinski definition) is 3. The minimum Gasteiger partial charge on any atom is -0.506 e. The number of urea groups is 1. The van der Waals surface area contributed by atoms with Crippen molar-refractivity contribution in [1.82, 2.24) is 5.01 Å². The summed E-state index contributed by atoms with van der Waals surface area (Å²) in [5, 5.41) is 10.5. The number of ether oxygens (including phenoxy) is 2. The molecule has 158 valence electrons. The van der Waals surface area contributed by atoms with E-state index in [1.54, 1.807) is 0 Å². The maximum Gasteiger partial charge on any atom is 0.573 e. The van der Waals surface area contributed by atoms with Gasteiger partial charge >= 0.3 is 12.4 Å². The summed E-state index contributed by atoms with van der Waals surface area (Å²) in [6.07, 6.45) is -5.01. The Kier molecular flexibility index (Phi) is 6.90. The first-order chi connectivity index (χ1) is 13.4. The zero-order valence-electron chi connectivity index (χ0n) is 14.7. The van der Waals surface area contributed by atoms with Gasteiger partial charge < -0.3 is 14.6 Å². The number of amides is 2. The fourth-order valence-electron chi connectivity index (χ4n) is 2.20. The van der Waals surface area contributed by atoms with Gasteiger partial charge in [-0.2, -0.15) is 0 Å². The second-order valence-electron chi connectivity index (χ2n) is 5.59. The second kappa shape index (κ2) is 8.82. The molecule has 0 unspecified atom stereocenters. The number of phenolic OH excluding ortho intramolecular Hbond substituents is 1. The summed E-state index contributed by atoms with van der Waals surface area (Å²) in [7, 11) is 1.20.